The van der Waals surface area contributed by atoms with Gasteiger partial charge in [-0.3, -0.25) is 9.59 Å². The van der Waals surface area contributed by atoms with Crippen LogP contribution in [0.2, 0.25) is 0 Å². The number of benzene rings is 1. The van der Waals surface area contributed by atoms with Crippen LogP contribution in [0.25, 0.3) is 0 Å². The quantitative estimate of drug-likeness (QED) is 0.731. The molecule has 0 amide bonds. The summed E-state index contributed by atoms with van der Waals surface area (Å²) in [6.45, 7) is 1.89. The Balaban J connectivity index is 2.73. The van der Waals surface area contributed by atoms with Crippen LogP contribution in [0.1, 0.15) is 26.3 Å². The average Bonchev–Trinajstić information content (AvgIpc) is 2.23. The molecule has 0 bridgehead atoms. The van der Waals surface area contributed by atoms with Crippen molar-refractivity contribution in [3.8, 4) is 0 Å². The molecule has 76 valence electrons. The number of fused-ring (bicyclic) bond motifs is 1. The molecule has 0 saturated carbocycles. The fourth-order valence-electron chi connectivity index (χ4n) is 1.48. The standard InChI is InChI=1S/C11H6Br2O2/c1-5-2-3-6-7(4-5)11(15)9(13)8(12)10(6)14/h2-4H,1H3. The van der Waals surface area contributed by atoms with Crippen LogP contribution in [0.4, 0.5) is 0 Å². The van der Waals surface area contributed by atoms with Crippen molar-refractivity contribution < 1.29 is 9.59 Å². The predicted molar refractivity (Wildman–Crippen MR) is 64.7 cm³/mol. The summed E-state index contributed by atoms with van der Waals surface area (Å²) in [7, 11) is 0. The molecule has 0 aliphatic heterocycles. The fourth-order valence-corrected chi connectivity index (χ4v) is 2.27. The normalized spacial score (nSPS) is 15.7. The number of hydrogen-bond donors (Lipinski definition) is 0. The highest BCUT2D eigenvalue weighted by atomic mass is 79.9. The molecule has 15 heavy (non-hydrogen) atoms. The van der Waals surface area contributed by atoms with Gasteiger partial charge in [-0.05, 0) is 44.8 Å². The number of carbonyl (C=O) groups is 2. The van der Waals surface area contributed by atoms with E-state index in [0.717, 1.165) is 5.56 Å². The molecular weight excluding hydrogens is 324 g/mol. The molecule has 0 saturated heterocycles. The number of Topliss-reactive ketones (excluding diaryl/α,β-unsaturated/α-hetero) is 2. The first-order valence-electron chi connectivity index (χ1n) is 4.27. The summed E-state index contributed by atoms with van der Waals surface area (Å²) in [4.78, 5) is 23.6. The smallest absolute Gasteiger partial charge is 0.202 e. The van der Waals surface area contributed by atoms with E-state index in [0.29, 0.717) is 20.1 Å². The molecule has 1 aliphatic carbocycles. The van der Waals surface area contributed by atoms with Crippen LogP contribution in [0, 0.1) is 6.92 Å². The summed E-state index contributed by atoms with van der Waals surface area (Å²) in [5.74, 6) is -0.309. The third-order valence-corrected chi connectivity index (χ3v) is 4.30. The Hall–Kier alpha value is -0.740. The maximum atomic E-state index is 11.8. The predicted octanol–water partition coefficient (Wildman–Crippen LogP) is 3.38. The summed E-state index contributed by atoms with van der Waals surface area (Å²) in [5.41, 5.74) is 1.89. The molecule has 0 spiro atoms. The van der Waals surface area contributed by atoms with Crippen LogP contribution in [0.5, 0.6) is 0 Å². The van der Waals surface area contributed by atoms with Crippen molar-refractivity contribution in [1.29, 1.82) is 0 Å². The average molecular weight is 330 g/mol. The first kappa shape index (κ1) is 10.8. The zero-order valence-corrected chi connectivity index (χ0v) is 11.0. The molecule has 0 radical (unpaired) electrons. The van der Waals surface area contributed by atoms with Crippen LogP contribution in [-0.2, 0) is 0 Å². The summed E-state index contributed by atoms with van der Waals surface area (Å²) in [5, 5.41) is 0. The van der Waals surface area contributed by atoms with Crippen molar-refractivity contribution in [3.63, 3.8) is 0 Å². The first-order chi connectivity index (χ1) is 7.02. The highest BCUT2D eigenvalue weighted by Crippen LogP contribution is 2.32. The zero-order chi connectivity index (χ0) is 11.2. The number of aryl methyl sites for hydroxylation is 1. The summed E-state index contributed by atoms with van der Waals surface area (Å²) in [6, 6.07) is 5.24. The highest BCUT2D eigenvalue weighted by molar-refractivity contribution is 9.14. The van der Waals surface area contributed by atoms with Crippen molar-refractivity contribution in [2.75, 3.05) is 0 Å². The second-order valence-electron chi connectivity index (χ2n) is 3.34. The van der Waals surface area contributed by atoms with Gasteiger partial charge in [-0.2, -0.15) is 0 Å². The number of halogens is 2. The van der Waals surface area contributed by atoms with Crippen LogP contribution in [0.15, 0.2) is 27.2 Å². The van der Waals surface area contributed by atoms with Gasteiger partial charge in [0.25, 0.3) is 0 Å². The molecule has 2 nitrogen and oxygen atoms in total. The molecule has 0 fully saturated rings. The highest BCUT2D eigenvalue weighted by Gasteiger charge is 2.29. The number of allylic oxidation sites excluding steroid dienone is 2. The molecule has 4 heteroatoms. The van der Waals surface area contributed by atoms with Gasteiger partial charge in [0.05, 0.1) is 8.96 Å². The van der Waals surface area contributed by atoms with Crippen LogP contribution >= 0.6 is 31.9 Å². The molecule has 2 rings (SSSR count). The summed E-state index contributed by atoms with van der Waals surface area (Å²) < 4.78 is 0.592. The van der Waals surface area contributed by atoms with E-state index in [-0.39, 0.29) is 11.6 Å². The molecule has 1 aromatic carbocycles. The third-order valence-electron chi connectivity index (χ3n) is 2.26. The zero-order valence-electron chi connectivity index (χ0n) is 7.80. The Labute approximate surface area is 104 Å². The second-order valence-corrected chi connectivity index (χ2v) is 4.92. The van der Waals surface area contributed by atoms with Crippen LogP contribution in [-0.4, -0.2) is 11.6 Å². The molecule has 0 N–H and O–H groups in total. The number of ketones is 2. The van der Waals surface area contributed by atoms with Gasteiger partial charge in [0.1, 0.15) is 0 Å². The van der Waals surface area contributed by atoms with Crippen molar-refractivity contribution in [2.24, 2.45) is 0 Å². The lowest BCUT2D eigenvalue weighted by atomic mass is 9.93. The minimum absolute atomic E-state index is 0.153. The van der Waals surface area contributed by atoms with E-state index >= 15 is 0 Å². The van der Waals surface area contributed by atoms with Gasteiger partial charge >= 0.3 is 0 Å². The summed E-state index contributed by atoms with van der Waals surface area (Å²) in [6.07, 6.45) is 0. The van der Waals surface area contributed by atoms with Crippen LogP contribution < -0.4 is 0 Å². The van der Waals surface area contributed by atoms with E-state index < -0.39 is 0 Å². The topological polar surface area (TPSA) is 34.1 Å². The maximum Gasteiger partial charge on any atom is 0.202 e. The number of carbonyl (C=O) groups excluding carboxylic acids is 2. The Kier molecular flexibility index (Phi) is 2.64. The van der Waals surface area contributed by atoms with Gasteiger partial charge < -0.3 is 0 Å². The molecule has 0 atom stereocenters. The Morgan fingerprint density at radius 3 is 2.07 bits per heavy atom. The van der Waals surface area contributed by atoms with Crippen molar-refractivity contribution in [1.82, 2.24) is 0 Å². The van der Waals surface area contributed by atoms with E-state index in [2.05, 4.69) is 31.9 Å². The minimum atomic E-state index is -0.156. The van der Waals surface area contributed by atoms with E-state index in [4.69, 9.17) is 0 Å². The van der Waals surface area contributed by atoms with Gasteiger partial charge in [0, 0.05) is 11.1 Å². The van der Waals surface area contributed by atoms with Gasteiger partial charge in [-0.15, -0.1) is 0 Å². The molecule has 1 aromatic rings. The summed E-state index contributed by atoms with van der Waals surface area (Å²) >= 11 is 6.23. The number of rotatable bonds is 0. The van der Waals surface area contributed by atoms with Crippen LogP contribution in [0.3, 0.4) is 0 Å². The van der Waals surface area contributed by atoms with Crippen molar-refractivity contribution >= 4 is 43.4 Å². The van der Waals surface area contributed by atoms with E-state index in [9.17, 15) is 9.59 Å². The molecule has 1 aliphatic rings. The number of hydrogen-bond acceptors (Lipinski definition) is 2. The molecule has 0 aromatic heterocycles. The lowest BCUT2D eigenvalue weighted by Crippen LogP contribution is -2.17. The van der Waals surface area contributed by atoms with Gasteiger partial charge in [-0.1, -0.05) is 17.7 Å². The lowest BCUT2D eigenvalue weighted by Gasteiger charge is -2.14. The van der Waals surface area contributed by atoms with Crippen molar-refractivity contribution in [3.05, 3.63) is 43.9 Å². The maximum absolute atomic E-state index is 11.8. The molecular formula is C11H6Br2O2. The SMILES string of the molecule is Cc1ccc2c(c1)C(=O)C(Br)=C(Br)C2=O. The Bertz CT molecular complexity index is 515. The Morgan fingerprint density at radius 2 is 1.47 bits per heavy atom. The van der Waals surface area contributed by atoms with E-state index in [1.54, 1.807) is 12.1 Å². The van der Waals surface area contributed by atoms with E-state index in [1.165, 1.54) is 0 Å². The first-order valence-corrected chi connectivity index (χ1v) is 5.86. The second kappa shape index (κ2) is 3.68. The Morgan fingerprint density at radius 1 is 0.933 bits per heavy atom. The fraction of sp³-hybridized carbons (Fsp3) is 0.0909. The lowest BCUT2D eigenvalue weighted by molar-refractivity contribution is 0.0989. The van der Waals surface area contributed by atoms with Gasteiger partial charge in [0.2, 0.25) is 11.6 Å². The van der Waals surface area contributed by atoms with Crippen molar-refractivity contribution in [2.45, 2.75) is 6.92 Å². The minimum Gasteiger partial charge on any atom is -0.288 e. The third kappa shape index (κ3) is 1.62. The van der Waals surface area contributed by atoms with Gasteiger partial charge in [0.15, 0.2) is 0 Å². The van der Waals surface area contributed by atoms with Gasteiger partial charge in [-0.25, -0.2) is 0 Å². The molecule has 0 heterocycles. The largest absolute Gasteiger partial charge is 0.288 e. The monoisotopic (exact) mass is 328 g/mol. The van der Waals surface area contributed by atoms with E-state index in [1.807, 2.05) is 13.0 Å². The molecule has 0 unspecified atom stereocenters.